The van der Waals surface area contributed by atoms with E-state index in [1.807, 2.05) is 56.3 Å². The van der Waals surface area contributed by atoms with E-state index in [4.69, 9.17) is 0 Å². The first kappa shape index (κ1) is 24.3. The number of H-pyrrole nitrogens is 1. The molecule has 1 N–H and O–H groups in total. The van der Waals surface area contributed by atoms with Crippen molar-refractivity contribution in [3.63, 3.8) is 0 Å². The van der Waals surface area contributed by atoms with Gasteiger partial charge in [-0.1, -0.05) is 39.0 Å². The van der Waals surface area contributed by atoms with Crippen LogP contribution in [0.4, 0.5) is 0 Å². The predicted octanol–water partition coefficient (Wildman–Crippen LogP) is 6.57. The highest BCUT2D eigenvalue weighted by atomic mass is 16.2. The zero-order valence-corrected chi connectivity index (χ0v) is 21.0. The number of nitrogens with one attached hydrogen (secondary N) is 1. The van der Waals surface area contributed by atoms with Crippen molar-refractivity contribution in [3.8, 4) is 11.1 Å². The van der Waals surface area contributed by atoms with Crippen molar-refractivity contribution < 1.29 is 4.79 Å². The zero-order valence-electron chi connectivity index (χ0n) is 21.0. The molecule has 0 aliphatic heterocycles. The molecule has 0 saturated heterocycles. The molecule has 2 aromatic heterocycles. The summed E-state index contributed by atoms with van der Waals surface area (Å²) in [6, 6.07) is 16.7. The number of hydrogen-bond donors (Lipinski definition) is 1. The van der Waals surface area contributed by atoms with E-state index < -0.39 is 0 Å². The molecular weight excluding hydrogens is 408 g/mol. The SMILES string of the molecule is CC.CCCN(Cc1cc(-c2ccc3nc(C)[nH]c3c2)ccc1C)C(=O)c1ccc(C)n1C. The monoisotopic (exact) mass is 444 g/mol. The summed E-state index contributed by atoms with van der Waals surface area (Å²) in [4.78, 5) is 23.1. The molecule has 5 heteroatoms. The normalized spacial score (nSPS) is 10.8. The second-order valence-electron chi connectivity index (χ2n) is 8.34. The number of benzene rings is 2. The summed E-state index contributed by atoms with van der Waals surface area (Å²) in [6.45, 7) is 13.5. The second kappa shape index (κ2) is 10.5. The van der Waals surface area contributed by atoms with E-state index >= 15 is 0 Å². The molecule has 174 valence electrons. The van der Waals surface area contributed by atoms with Crippen LogP contribution >= 0.6 is 0 Å². The summed E-state index contributed by atoms with van der Waals surface area (Å²) < 4.78 is 1.97. The lowest BCUT2D eigenvalue weighted by molar-refractivity contribution is 0.0733. The molecule has 0 spiro atoms. The van der Waals surface area contributed by atoms with Crippen molar-refractivity contribution in [3.05, 3.63) is 76.9 Å². The average Bonchev–Trinajstić information content (AvgIpc) is 3.36. The molecule has 2 aromatic carbocycles. The highest BCUT2D eigenvalue weighted by molar-refractivity contribution is 5.93. The Bertz CT molecular complexity index is 1250. The van der Waals surface area contributed by atoms with Gasteiger partial charge in [0.2, 0.25) is 0 Å². The summed E-state index contributed by atoms with van der Waals surface area (Å²) in [5, 5.41) is 0. The molecule has 2 heterocycles. The fraction of sp³-hybridized carbons (Fsp3) is 0.357. The smallest absolute Gasteiger partial charge is 0.270 e. The Morgan fingerprint density at radius 2 is 1.70 bits per heavy atom. The Hall–Kier alpha value is -3.34. The molecule has 0 aliphatic carbocycles. The van der Waals surface area contributed by atoms with Gasteiger partial charge < -0.3 is 14.5 Å². The third-order valence-corrected chi connectivity index (χ3v) is 6.02. The minimum absolute atomic E-state index is 0.0802. The van der Waals surface area contributed by atoms with Crippen LogP contribution in [0.1, 0.15) is 60.3 Å². The summed E-state index contributed by atoms with van der Waals surface area (Å²) in [5.41, 5.74) is 8.50. The lowest BCUT2D eigenvalue weighted by Gasteiger charge is -2.24. The van der Waals surface area contributed by atoms with E-state index in [9.17, 15) is 4.79 Å². The topological polar surface area (TPSA) is 53.9 Å². The van der Waals surface area contributed by atoms with Crippen LogP contribution in [0.15, 0.2) is 48.5 Å². The van der Waals surface area contributed by atoms with Gasteiger partial charge in [0.1, 0.15) is 11.5 Å². The van der Waals surface area contributed by atoms with E-state index in [-0.39, 0.29) is 5.91 Å². The van der Waals surface area contributed by atoms with Gasteiger partial charge in [-0.2, -0.15) is 0 Å². The number of hydrogen-bond acceptors (Lipinski definition) is 2. The van der Waals surface area contributed by atoms with Crippen molar-refractivity contribution in [2.45, 2.75) is 54.5 Å². The van der Waals surface area contributed by atoms with Crippen LogP contribution in [0.2, 0.25) is 0 Å². The lowest BCUT2D eigenvalue weighted by atomic mass is 9.99. The van der Waals surface area contributed by atoms with Crippen LogP contribution in [0.3, 0.4) is 0 Å². The first-order chi connectivity index (χ1) is 15.9. The maximum absolute atomic E-state index is 13.3. The van der Waals surface area contributed by atoms with E-state index in [0.29, 0.717) is 6.54 Å². The van der Waals surface area contributed by atoms with Gasteiger partial charge in [0.05, 0.1) is 11.0 Å². The minimum Gasteiger partial charge on any atom is -0.344 e. The van der Waals surface area contributed by atoms with Gasteiger partial charge in [-0.05, 0) is 79.8 Å². The van der Waals surface area contributed by atoms with Gasteiger partial charge in [0.25, 0.3) is 5.91 Å². The number of amides is 1. The zero-order chi connectivity index (χ0) is 24.1. The van der Waals surface area contributed by atoms with Crippen molar-refractivity contribution >= 4 is 16.9 Å². The molecule has 5 nitrogen and oxygen atoms in total. The van der Waals surface area contributed by atoms with Crippen molar-refractivity contribution in [1.82, 2.24) is 19.4 Å². The number of nitrogens with zero attached hydrogens (tertiary/aromatic N) is 3. The fourth-order valence-electron chi connectivity index (χ4n) is 4.06. The Balaban J connectivity index is 0.00000149. The molecule has 4 aromatic rings. The number of carbonyl (C=O) groups excluding carboxylic acids is 1. The fourth-order valence-corrected chi connectivity index (χ4v) is 4.06. The van der Waals surface area contributed by atoms with E-state index in [1.54, 1.807) is 0 Å². The summed E-state index contributed by atoms with van der Waals surface area (Å²) in [6.07, 6.45) is 0.920. The number of imidazole rings is 1. The molecule has 0 bridgehead atoms. The highest BCUT2D eigenvalue weighted by Gasteiger charge is 2.19. The maximum Gasteiger partial charge on any atom is 0.270 e. The lowest BCUT2D eigenvalue weighted by Crippen LogP contribution is -2.32. The molecule has 33 heavy (non-hydrogen) atoms. The minimum atomic E-state index is 0.0802. The Labute approximate surface area is 197 Å². The molecule has 0 atom stereocenters. The number of aromatic nitrogens is 3. The Kier molecular flexibility index (Phi) is 7.75. The Morgan fingerprint density at radius 3 is 2.36 bits per heavy atom. The number of fused-ring (bicyclic) bond motifs is 1. The van der Waals surface area contributed by atoms with Crippen molar-refractivity contribution in [2.24, 2.45) is 7.05 Å². The van der Waals surface area contributed by atoms with Crippen LogP contribution in [0.5, 0.6) is 0 Å². The first-order valence-corrected chi connectivity index (χ1v) is 11.8. The molecule has 4 rings (SSSR count). The van der Waals surface area contributed by atoms with Crippen LogP contribution < -0.4 is 0 Å². The highest BCUT2D eigenvalue weighted by Crippen LogP contribution is 2.26. The van der Waals surface area contributed by atoms with Crippen molar-refractivity contribution in [2.75, 3.05) is 6.54 Å². The first-order valence-electron chi connectivity index (χ1n) is 11.8. The van der Waals surface area contributed by atoms with E-state index in [1.165, 1.54) is 11.1 Å². The Morgan fingerprint density at radius 1 is 1.00 bits per heavy atom. The van der Waals surface area contributed by atoms with Crippen LogP contribution in [-0.2, 0) is 13.6 Å². The van der Waals surface area contributed by atoms with Crippen molar-refractivity contribution in [1.29, 1.82) is 0 Å². The van der Waals surface area contributed by atoms with Gasteiger partial charge >= 0.3 is 0 Å². The number of aromatic amines is 1. The molecule has 0 fully saturated rings. The summed E-state index contributed by atoms with van der Waals surface area (Å²) >= 11 is 0. The quantitative estimate of drug-likeness (QED) is 0.365. The predicted molar refractivity (Wildman–Crippen MR) is 138 cm³/mol. The molecular formula is C28H36N4O. The molecule has 0 aliphatic rings. The van der Waals surface area contributed by atoms with E-state index in [0.717, 1.165) is 52.3 Å². The average molecular weight is 445 g/mol. The van der Waals surface area contributed by atoms with Gasteiger partial charge in [-0.15, -0.1) is 0 Å². The van der Waals surface area contributed by atoms with E-state index in [2.05, 4.69) is 60.2 Å². The van der Waals surface area contributed by atoms with Crippen LogP contribution in [0, 0.1) is 20.8 Å². The number of rotatable bonds is 6. The van der Waals surface area contributed by atoms with Gasteiger partial charge in [-0.3, -0.25) is 4.79 Å². The van der Waals surface area contributed by atoms with Gasteiger partial charge in [-0.25, -0.2) is 4.98 Å². The molecule has 0 radical (unpaired) electrons. The second-order valence-corrected chi connectivity index (χ2v) is 8.34. The largest absolute Gasteiger partial charge is 0.344 e. The number of carbonyl (C=O) groups is 1. The van der Waals surface area contributed by atoms with Gasteiger partial charge in [0, 0.05) is 25.8 Å². The number of aryl methyl sites for hydroxylation is 3. The standard InChI is InChI=1S/C26H30N4O.C2H6/c1-6-13-30(26(31)25-12-8-18(3)29(25)5)16-22-14-20(9-7-17(22)2)21-10-11-23-24(15-21)28-19(4)27-23;1-2/h7-12,14-15H,6,13,16H2,1-5H3,(H,27,28);1-2H3. The molecule has 1 amide bonds. The van der Waals surface area contributed by atoms with Crippen LogP contribution in [-0.4, -0.2) is 31.9 Å². The maximum atomic E-state index is 13.3. The summed E-state index contributed by atoms with van der Waals surface area (Å²) in [7, 11) is 1.95. The molecule has 0 saturated carbocycles. The third-order valence-electron chi connectivity index (χ3n) is 6.02. The third kappa shape index (κ3) is 5.19. The van der Waals surface area contributed by atoms with Crippen LogP contribution in [0.25, 0.3) is 22.2 Å². The van der Waals surface area contributed by atoms with Gasteiger partial charge in [0.15, 0.2) is 0 Å². The summed E-state index contributed by atoms with van der Waals surface area (Å²) in [5.74, 6) is 0.998. The molecule has 0 unspecified atom stereocenters.